The summed E-state index contributed by atoms with van der Waals surface area (Å²) >= 11 is 0. The fourth-order valence-electron chi connectivity index (χ4n) is 1.98. The molecule has 0 spiro atoms. The van der Waals surface area contributed by atoms with Crippen LogP contribution in [0.1, 0.15) is 16.1 Å². The van der Waals surface area contributed by atoms with Crippen molar-refractivity contribution in [3.8, 4) is 17.0 Å². The lowest BCUT2D eigenvalue weighted by atomic mass is 10.1. The summed E-state index contributed by atoms with van der Waals surface area (Å²) in [6.07, 6.45) is 0. The molecule has 4 N–H and O–H groups in total. The fraction of sp³-hybridized carbons (Fsp3) is 0.154. The van der Waals surface area contributed by atoms with Gasteiger partial charge in [0.05, 0.1) is 18.5 Å². The summed E-state index contributed by atoms with van der Waals surface area (Å²) in [5.41, 5.74) is 8.07. The zero-order valence-electron chi connectivity index (χ0n) is 10.2. The largest absolute Gasteiger partial charge is 0.496 e. The van der Waals surface area contributed by atoms with E-state index in [9.17, 15) is 4.79 Å². The maximum atomic E-state index is 11.1. The number of benzene rings is 1. The molecule has 1 aromatic heterocycles. The van der Waals surface area contributed by atoms with Crippen molar-refractivity contribution >= 4 is 11.7 Å². The lowest BCUT2D eigenvalue weighted by Gasteiger charge is -2.07. The Morgan fingerprint density at radius 1 is 1.39 bits per heavy atom. The van der Waals surface area contributed by atoms with Crippen molar-refractivity contribution in [1.29, 1.82) is 0 Å². The van der Waals surface area contributed by atoms with Gasteiger partial charge < -0.3 is 20.6 Å². The monoisotopic (exact) mass is 246 g/mol. The molecule has 0 radical (unpaired) electrons. The van der Waals surface area contributed by atoms with Crippen molar-refractivity contribution in [3.05, 3.63) is 35.5 Å². The van der Waals surface area contributed by atoms with E-state index in [0.717, 1.165) is 5.56 Å². The highest BCUT2D eigenvalue weighted by molar-refractivity contribution is 6.00. The Morgan fingerprint density at radius 2 is 2.06 bits per heavy atom. The van der Waals surface area contributed by atoms with Crippen LogP contribution in [0.3, 0.4) is 0 Å². The fourth-order valence-corrected chi connectivity index (χ4v) is 1.98. The van der Waals surface area contributed by atoms with E-state index in [4.69, 9.17) is 15.6 Å². The number of carbonyl (C=O) groups is 1. The van der Waals surface area contributed by atoms with Gasteiger partial charge in [-0.05, 0) is 19.1 Å². The summed E-state index contributed by atoms with van der Waals surface area (Å²) in [5.74, 6) is -0.398. The number of nitrogens with one attached hydrogen (secondary N) is 1. The van der Waals surface area contributed by atoms with E-state index in [1.807, 2.05) is 18.2 Å². The molecule has 2 aromatic rings. The third-order valence-corrected chi connectivity index (χ3v) is 2.82. The van der Waals surface area contributed by atoms with E-state index in [2.05, 4.69) is 4.98 Å². The minimum atomic E-state index is -1.04. The number of carboxylic acids is 1. The molecule has 1 heterocycles. The van der Waals surface area contributed by atoms with Crippen molar-refractivity contribution in [1.82, 2.24) is 4.98 Å². The average molecular weight is 246 g/mol. The van der Waals surface area contributed by atoms with E-state index >= 15 is 0 Å². The van der Waals surface area contributed by atoms with Gasteiger partial charge in [0, 0.05) is 11.3 Å². The van der Waals surface area contributed by atoms with Crippen molar-refractivity contribution in [2.75, 3.05) is 12.8 Å². The Balaban J connectivity index is 2.65. The number of aromatic nitrogens is 1. The molecule has 0 aliphatic heterocycles. The van der Waals surface area contributed by atoms with Crippen molar-refractivity contribution in [2.24, 2.45) is 0 Å². The summed E-state index contributed by atoms with van der Waals surface area (Å²) < 4.78 is 5.24. The van der Waals surface area contributed by atoms with Crippen LogP contribution in [0, 0.1) is 6.92 Å². The zero-order valence-corrected chi connectivity index (χ0v) is 10.2. The number of hydrogen-bond donors (Lipinski definition) is 3. The summed E-state index contributed by atoms with van der Waals surface area (Å²) in [5, 5.41) is 9.10. The second-order valence-corrected chi connectivity index (χ2v) is 3.92. The Labute approximate surface area is 104 Å². The number of para-hydroxylation sites is 1. The molecule has 0 atom stereocenters. The first-order chi connectivity index (χ1) is 8.56. The Kier molecular flexibility index (Phi) is 2.97. The molecule has 1 aromatic carbocycles. The minimum absolute atomic E-state index is 0.107. The molecule has 5 nitrogen and oxygen atoms in total. The third kappa shape index (κ3) is 1.79. The highest BCUT2D eigenvalue weighted by Crippen LogP contribution is 2.35. The molecule has 0 aliphatic rings. The van der Waals surface area contributed by atoms with E-state index in [1.54, 1.807) is 20.1 Å². The average Bonchev–Trinajstić information content (AvgIpc) is 2.64. The van der Waals surface area contributed by atoms with Gasteiger partial charge in [-0.1, -0.05) is 12.1 Å². The SMILES string of the molecule is COc1ccccc1-c1[nH]c(C)c(C(=O)O)c1N. The Morgan fingerprint density at radius 3 is 2.61 bits per heavy atom. The molecule has 18 heavy (non-hydrogen) atoms. The first-order valence-electron chi connectivity index (χ1n) is 5.41. The number of ether oxygens (including phenoxy) is 1. The number of nitrogen functional groups attached to an aromatic ring is 1. The van der Waals surface area contributed by atoms with Crippen LogP contribution < -0.4 is 10.5 Å². The molecule has 5 heteroatoms. The number of aromatic carboxylic acids is 1. The quantitative estimate of drug-likeness (QED) is 0.775. The van der Waals surface area contributed by atoms with Crippen LogP contribution in [-0.2, 0) is 0 Å². The van der Waals surface area contributed by atoms with Crippen LogP contribution in [0.2, 0.25) is 0 Å². The van der Waals surface area contributed by atoms with Gasteiger partial charge in [-0.3, -0.25) is 0 Å². The first kappa shape index (κ1) is 12.0. The van der Waals surface area contributed by atoms with Gasteiger partial charge in [0.1, 0.15) is 11.3 Å². The molecule has 94 valence electrons. The maximum Gasteiger partial charge on any atom is 0.339 e. The van der Waals surface area contributed by atoms with Crippen LogP contribution in [0.25, 0.3) is 11.3 Å². The molecule has 0 unspecified atom stereocenters. The minimum Gasteiger partial charge on any atom is -0.496 e. The van der Waals surface area contributed by atoms with Crippen LogP contribution in [0.4, 0.5) is 5.69 Å². The number of carboxylic acid groups (broad SMARTS) is 1. The van der Waals surface area contributed by atoms with E-state index in [1.165, 1.54) is 0 Å². The Bertz CT molecular complexity index is 602. The van der Waals surface area contributed by atoms with E-state index in [-0.39, 0.29) is 11.3 Å². The molecule has 0 saturated heterocycles. The molecule has 0 fully saturated rings. The number of aryl methyl sites for hydroxylation is 1. The molecular weight excluding hydrogens is 232 g/mol. The van der Waals surface area contributed by atoms with Gasteiger partial charge in [0.2, 0.25) is 0 Å². The predicted molar refractivity (Wildman–Crippen MR) is 68.9 cm³/mol. The molecule has 0 aliphatic carbocycles. The molecule has 0 amide bonds. The van der Waals surface area contributed by atoms with Gasteiger partial charge in [-0.25, -0.2) is 4.79 Å². The van der Waals surface area contributed by atoms with Crippen molar-refractivity contribution in [3.63, 3.8) is 0 Å². The summed E-state index contributed by atoms with van der Waals surface area (Å²) in [4.78, 5) is 14.1. The standard InChI is InChI=1S/C13H14N2O3/c1-7-10(13(16)17)11(14)12(15-7)8-5-3-4-6-9(8)18-2/h3-6,15H,14H2,1-2H3,(H,16,17). The molecule has 0 saturated carbocycles. The number of anilines is 1. The van der Waals surface area contributed by atoms with Gasteiger partial charge in [0.15, 0.2) is 0 Å². The number of nitrogens with two attached hydrogens (primary N) is 1. The highest BCUT2D eigenvalue weighted by Gasteiger charge is 2.20. The number of methoxy groups -OCH3 is 1. The summed E-state index contributed by atoms with van der Waals surface area (Å²) in [7, 11) is 1.56. The normalized spacial score (nSPS) is 10.3. The van der Waals surface area contributed by atoms with Crippen LogP contribution in [0.5, 0.6) is 5.75 Å². The topological polar surface area (TPSA) is 88.3 Å². The van der Waals surface area contributed by atoms with Crippen LogP contribution >= 0.6 is 0 Å². The first-order valence-corrected chi connectivity index (χ1v) is 5.41. The van der Waals surface area contributed by atoms with Crippen molar-refractivity contribution < 1.29 is 14.6 Å². The van der Waals surface area contributed by atoms with E-state index < -0.39 is 5.97 Å². The number of aromatic amines is 1. The number of hydrogen-bond acceptors (Lipinski definition) is 3. The van der Waals surface area contributed by atoms with Gasteiger partial charge in [-0.15, -0.1) is 0 Å². The predicted octanol–water partition coefficient (Wildman–Crippen LogP) is 2.28. The molecule has 2 rings (SSSR count). The third-order valence-electron chi connectivity index (χ3n) is 2.82. The maximum absolute atomic E-state index is 11.1. The smallest absolute Gasteiger partial charge is 0.339 e. The van der Waals surface area contributed by atoms with Gasteiger partial charge in [0.25, 0.3) is 0 Å². The summed E-state index contributed by atoms with van der Waals surface area (Å²) in [6.45, 7) is 1.68. The van der Waals surface area contributed by atoms with E-state index in [0.29, 0.717) is 17.1 Å². The van der Waals surface area contributed by atoms with Gasteiger partial charge >= 0.3 is 5.97 Å². The lowest BCUT2D eigenvalue weighted by Crippen LogP contribution is -2.01. The number of rotatable bonds is 3. The lowest BCUT2D eigenvalue weighted by molar-refractivity contribution is 0.0697. The van der Waals surface area contributed by atoms with Crippen molar-refractivity contribution in [2.45, 2.75) is 6.92 Å². The highest BCUT2D eigenvalue weighted by atomic mass is 16.5. The molecular formula is C13H14N2O3. The second kappa shape index (κ2) is 4.44. The Hall–Kier alpha value is -2.43. The van der Waals surface area contributed by atoms with Crippen LogP contribution in [-0.4, -0.2) is 23.2 Å². The van der Waals surface area contributed by atoms with Crippen LogP contribution in [0.15, 0.2) is 24.3 Å². The molecule has 0 bridgehead atoms. The number of H-pyrrole nitrogens is 1. The second-order valence-electron chi connectivity index (χ2n) is 3.92. The summed E-state index contributed by atoms with van der Waals surface area (Å²) in [6, 6.07) is 7.30. The van der Waals surface area contributed by atoms with Gasteiger partial charge in [-0.2, -0.15) is 0 Å². The zero-order chi connectivity index (χ0) is 13.3.